The van der Waals surface area contributed by atoms with Crippen LogP contribution >= 0.6 is 0 Å². The summed E-state index contributed by atoms with van der Waals surface area (Å²) < 4.78 is 0. The molecule has 0 saturated carbocycles. The van der Waals surface area contributed by atoms with Crippen molar-refractivity contribution in [2.75, 3.05) is 0 Å². The molecule has 1 nitrogen and oxygen atoms in total. The smallest absolute Gasteiger partial charge is 0.186 e. The molecule has 136 valence electrons. The van der Waals surface area contributed by atoms with Crippen LogP contribution in [0.3, 0.4) is 0 Å². The Morgan fingerprint density at radius 3 is 1.96 bits per heavy atom. The van der Waals surface area contributed by atoms with Crippen LogP contribution in [0.4, 0.5) is 0 Å². The van der Waals surface area contributed by atoms with Crippen LogP contribution < -0.4 is 0 Å². The van der Waals surface area contributed by atoms with E-state index >= 15 is 0 Å². The van der Waals surface area contributed by atoms with Gasteiger partial charge in [0.25, 0.3) is 0 Å². The highest BCUT2D eigenvalue weighted by Gasteiger charge is 2.07. The van der Waals surface area contributed by atoms with Crippen LogP contribution in [0.2, 0.25) is 0 Å². The van der Waals surface area contributed by atoms with E-state index in [1.54, 1.807) is 6.08 Å². The Hall–Kier alpha value is -2.41. The van der Waals surface area contributed by atoms with Crippen molar-refractivity contribution in [3.8, 4) is 0 Å². The van der Waals surface area contributed by atoms with Crippen molar-refractivity contribution in [1.29, 1.82) is 0 Å². The van der Waals surface area contributed by atoms with Gasteiger partial charge in [-0.1, -0.05) is 105 Å². The van der Waals surface area contributed by atoms with Gasteiger partial charge in [-0.15, -0.1) is 0 Å². The zero-order valence-electron chi connectivity index (χ0n) is 16.1. The van der Waals surface area contributed by atoms with E-state index in [0.29, 0.717) is 0 Å². The lowest BCUT2D eigenvalue weighted by Crippen LogP contribution is -1.96. The summed E-state index contributed by atoms with van der Waals surface area (Å²) in [6.07, 6.45) is 11.2. The second-order valence-electron chi connectivity index (χ2n) is 6.66. The maximum Gasteiger partial charge on any atom is 0.186 e. The molecule has 0 aliphatic rings. The molecular weight excluding hydrogens is 316 g/mol. The van der Waals surface area contributed by atoms with Crippen LogP contribution in [-0.4, -0.2) is 5.78 Å². The fourth-order valence-corrected chi connectivity index (χ4v) is 3.02. The summed E-state index contributed by atoms with van der Waals surface area (Å²) in [6.45, 7) is 4.44. The zero-order chi connectivity index (χ0) is 18.6. The minimum absolute atomic E-state index is 0.0575. The van der Waals surface area contributed by atoms with Gasteiger partial charge in [-0.25, -0.2) is 0 Å². The van der Waals surface area contributed by atoms with E-state index in [2.05, 4.69) is 32.1 Å². The number of carbonyl (C=O) groups is 1. The monoisotopic (exact) mass is 346 g/mol. The summed E-state index contributed by atoms with van der Waals surface area (Å²) in [4.78, 5) is 12.7. The van der Waals surface area contributed by atoms with E-state index in [9.17, 15) is 4.79 Å². The minimum Gasteiger partial charge on any atom is -0.289 e. The predicted molar refractivity (Wildman–Crippen MR) is 112 cm³/mol. The van der Waals surface area contributed by atoms with Gasteiger partial charge >= 0.3 is 0 Å². The number of hydrogen-bond donors (Lipinski definition) is 0. The second-order valence-corrected chi connectivity index (χ2v) is 6.66. The molecule has 0 spiro atoms. The third-order valence-corrected chi connectivity index (χ3v) is 4.62. The molecule has 0 radical (unpaired) electrons. The van der Waals surface area contributed by atoms with E-state index in [0.717, 1.165) is 29.5 Å². The first kappa shape index (κ1) is 19.9. The molecule has 0 aromatic heterocycles. The first-order valence-corrected chi connectivity index (χ1v) is 9.80. The van der Waals surface area contributed by atoms with Gasteiger partial charge in [0.05, 0.1) is 0 Å². The van der Waals surface area contributed by atoms with E-state index in [-0.39, 0.29) is 5.78 Å². The number of unbranched alkanes of at least 4 members (excludes halogenated alkanes) is 3. The minimum atomic E-state index is 0.0575. The predicted octanol–water partition coefficient (Wildman–Crippen LogP) is 7.26. The highest BCUT2D eigenvalue weighted by Crippen LogP contribution is 2.23. The lowest BCUT2D eigenvalue weighted by atomic mass is 9.96. The van der Waals surface area contributed by atoms with Crippen LogP contribution in [0.15, 0.2) is 78.4 Å². The van der Waals surface area contributed by atoms with Crippen molar-refractivity contribution in [2.45, 2.75) is 52.4 Å². The van der Waals surface area contributed by atoms with Crippen LogP contribution in [0.25, 0.3) is 5.57 Å². The number of rotatable bonds is 10. The Labute approximate surface area is 158 Å². The Morgan fingerprint density at radius 1 is 0.769 bits per heavy atom. The molecule has 26 heavy (non-hydrogen) atoms. The topological polar surface area (TPSA) is 17.1 Å². The number of allylic oxidation sites excluding steroid dienone is 4. The summed E-state index contributed by atoms with van der Waals surface area (Å²) in [5.41, 5.74) is 4.25. The molecule has 0 aliphatic heterocycles. The Kier molecular flexibility index (Phi) is 8.62. The van der Waals surface area contributed by atoms with E-state index in [4.69, 9.17) is 0 Å². The van der Waals surface area contributed by atoms with Gasteiger partial charge in [-0.2, -0.15) is 0 Å². The third-order valence-electron chi connectivity index (χ3n) is 4.62. The van der Waals surface area contributed by atoms with Crippen molar-refractivity contribution in [2.24, 2.45) is 0 Å². The van der Waals surface area contributed by atoms with Gasteiger partial charge in [0, 0.05) is 5.56 Å². The highest BCUT2D eigenvalue weighted by molar-refractivity contribution is 6.09. The van der Waals surface area contributed by atoms with Crippen LogP contribution in [-0.2, 0) is 0 Å². The van der Waals surface area contributed by atoms with E-state index in [1.165, 1.54) is 31.3 Å². The fourth-order valence-electron chi connectivity index (χ4n) is 3.02. The van der Waals surface area contributed by atoms with Crippen molar-refractivity contribution in [3.63, 3.8) is 0 Å². The van der Waals surface area contributed by atoms with E-state index in [1.807, 2.05) is 48.5 Å². The molecule has 2 rings (SSSR count). The molecule has 2 aromatic rings. The van der Waals surface area contributed by atoms with Crippen molar-refractivity contribution < 1.29 is 4.79 Å². The van der Waals surface area contributed by atoms with Crippen LogP contribution in [0.1, 0.15) is 68.3 Å². The average molecular weight is 347 g/mol. The number of hydrogen-bond acceptors (Lipinski definition) is 1. The maximum absolute atomic E-state index is 12.7. The van der Waals surface area contributed by atoms with Crippen molar-refractivity contribution in [3.05, 3.63) is 89.5 Å². The molecule has 1 heteroatoms. The number of carbonyl (C=O) groups excluding carboxylic acids is 1. The molecule has 0 heterocycles. The van der Waals surface area contributed by atoms with Gasteiger partial charge in [0.2, 0.25) is 0 Å². The second kappa shape index (κ2) is 11.3. The van der Waals surface area contributed by atoms with Gasteiger partial charge in [-0.3, -0.25) is 4.79 Å². The lowest BCUT2D eigenvalue weighted by molar-refractivity contribution is 0.104. The van der Waals surface area contributed by atoms with Gasteiger partial charge in [0.15, 0.2) is 5.78 Å². The Bertz CT molecular complexity index is 723. The number of ketones is 1. The van der Waals surface area contributed by atoms with E-state index < -0.39 is 0 Å². The molecule has 0 amide bonds. The van der Waals surface area contributed by atoms with Crippen molar-refractivity contribution in [1.82, 2.24) is 0 Å². The van der Waals surface area contributed by atoms with Crippen LogP contribution in [0.5, 0.6) is 0 Å². The fraction of sp³-hybridized carbons (Fsp3) is 0.320. The summed E-state index contributed by atoms with van der Waals surface area (Å²) in [5, 5.41) is 0. The first-order chi connectivity index (χ1) is 12.7. The summed E-state index contributed by atoms with van der Waals surface area (Å²) in [6, 6.07) is 19.7. The van der Waals surface area contributed by atoms with Crippen LogP contribution in [0, 0.1) is 0 Å². The number of benzene rings is 2. The highest BCUT2D eigenvalue weighted by atomic mass is 16.1. The van der Waals surface area contributed by atoms with Crippen molar-refractivity contribution >= 4 is 11.4 Å². The summed E-state index contributed by atoms with van der Waals surface area (Å²) in [7, 11) is 0. The Morgan fingerprint density at radius 2 is 1.38 bits per heavy atom. The molecule has 0 unspecified atom stereocenters. The molecule has 2 aromatic carbocycles. The SMILES string of the molecule is CCCCCCC(=CC(=CC(=O)c1ccccc1)c1ccccc1)CC. The normalized spacial score (nSPS) is 12.2. The van der Waals surface area contributed by atoms with Gasteiger partial charge < -0.3 is 0 Å². The molecule has 0 aliphatic carbocycles. The molecular formula is C25H30O. The first-order valence-electron chi connectivity index (χ1n) is 9.80. The lowest BCUT2D eigenvalue weighted by Gasteiger charge is -2.09. The molecule has 0 atom stereocenters. The summed E-state index contributed by atoms with van der Waals surface area (Å²) in [5.74, 6) is 0.0575. The van der Waals surface area contributed by atoms with Gasteiger partial charge in [0.1, 0.15) is 0 Å². The maximum atomic E-state index is 12.7. The summed E-state index contributed by atoms with van der Waals surface area (Å²) >= 11 is 0. The molecule has 0 fully saturated rings. The standard InChI is InChI=1S/C25H30O/c1-3-5-6-9-14-21(4-2)19-24(22-15-10-7-11-16-22)20-25(26)23-17-12-8-13-18-23/h7-8,10-13,15-20H,3-6,9,14H2,1-2H3. The molecule has 0 N–H and O–H groups in total. The van der Waals surface area contributed by atoms with Gasteiger partial charge in [-0.05, 0) is 36.5 Å². The Balaban J connectivity index is 2.27. The quantitative estimate of drug-likeness (QED) is 0.191. The zero-order valence-corrected chi connectivity index (χ0v) is 16.1. The largest absolute Gasteiger partial charge is 0.289 e. The molecule has 0 saturated heterocycles. The third kappa shape index (κ3) is 6.48. The molecule has 0 bridgehead atoms. The average Bonchev–Trinajstić information content (AvgIpc) is 2.70.